The second-order valence-electron chi connectivity index (χ2n) is 7.11. The summed E-state index contributed by atoms with van der Waals surface area (Å²) in [4.78, 5) is 18.0. The molecule has 3 rings (SSSR count). The van der Waals surface area contributed by atoms with Crippen LogP contribution in [-0.2, 0) is 24.1 Å². The molecule has 21 heavy (non-hydrogen) atoms. The molecule has 2 aromatic rings. The molecule has 0 aromatic carbocycles. The highest BCUT2D eigenvalue weighted by atomic mass is 32.1. The van der Waals surface area contributed by atoms with Gasteiger partial charge in [-0.1, -0.05) is 20.8 Å². The number of rotatable bonds is 2. The third kappa shape index (κ3) is 2.48. The quantitative estimate of drug-likeness (QED) is 0.924. The fourth-order valence-electron chi connectivity index (χ4n) is 3.31. The molecule has 1 aliphatic carbocycles. The van der Waals surface area contributed by atoms with Gasteiger partial charge in [0.2, 0.25) is 0 Å². The Hall–Kier alpha value is -1.36. The van der Waals surface area contributed by atoms with Crippen molar-refractivity contribution in [1.82, 2.24) is 9.38 Å². The van der Waals surface area contributed by atoms with Gasteiger partial charge in [0, 0.05) is 10.6 Å². The molecule has 5 heteroatoms. The molecule has 4 nitrogen and oxygen atoms in total. The second kappa shape index (κ2) is 4.83. The van der Waals surface area contributed by atoms with Crippen molar-refractivity contribution < 1.29 is 9.90 Å². The van der Waals surface area contributed by atoms with Gasteiger partial charge in [0.15, 0.2) is 4.96 Å². The van der Waals surface area contributed by atoms with Gasteiger partial charge in [-0.3, -0.25) is 9.20 Å². The molecule has 0 bridgehead atoms. The predicted octanol–water partition coefficient (Wildman–Crippen LogP) is 3.48. The van der Waals surface area contributed by atoms with Gasteiger partial charge in [0.1, 0.15) is 0 Å². The Morgan fingerprint density at radius 2 is 2.19 bits per heavy atom. The number of fused-ring (bicyclic) bond motifs is 3. The van der Waals surface area contributed by atoms with Crippen molar-refractivity contribution in [3.63, 3.8) is 0 Å². The molecular formula is C16H22N2O2S. The van der Waals surface area contributed by atoms with Crippen molar-refractivity contribution in [2.24, 2.45) is 11.3 Å². The summed E-state index contributed by atoms with van der Waals surface area (Å²) in [5.41, 5.74) is 3.32. The van der Waals surface area contributed by atoms with Gasteiger partial charge in [-0.25, -0.2) is 4.98 Å². The summed E-state index contributed by atoms with van der Waals surface area (Å²) < 4.78 is 2.11. The van der Waals surface area contributed by atoms with E-state index in [0.29, 0.717) is 11.3 Å². The molecule has 114 valence electrons. The highest BCUT2D eigenvalue weighted by molar-refractivity contribution is 7.17. The van der Waals surface area contributed by atoms with Crippen LogP contribution in [0.25, 0.3) is 4.96 Å². The lowest BCUT2D eigenvalue weighted by atomic mass is 9.73. The third-order valence-corrected chi connectivity index (χ3v) is 5.76. The average Bonchev–Trinajstić information content (AvgIpc) is 2.84. The molecule has 1 atom stereocenters. The summed E-state index contributed by atoms with van der Waals surface area (Å²) in [5.74, 6) is -0.0967. The van der Waals surface area contributed by atoms with E-state index < -0.39 is 5.97 Å². The number of imidazole rings is 1. The molecule has 1 N–H and O–H groups in total. The fraction of sp³-hybridized carbons (Fsp3) is 0.625. The fourth-order valence-corrected chi connectivity index (χ4v) is 4.62. The first kappa shape index (κ1) is 14.6. The molecule has 0 fully saturated rings. The van der Waals surface area contributed by atoms with Crippen molar-refractivity contribution in [2.75, 3.05) is 0 Å². The van der Waals surface area contributed by atoms with Gasteiger partial charge in [0.25, 0.3) is 0 Å². The number of carboxylic acids is 1. The summed E-state index contributed by atoms with van der Waals surface area (Å²) in [6.45, 7) is 8.83. The summed E-state index contributed by atoms with van der Waals surface area (Å²) in [6.07, 6.45) is 3.35. The van der Waals surface area contributed by atoms with Gasteiger partial charge >= 0.3 is 5.97 Å². The maximum atomic E-state index is 11.1. The zero-order valence-electron chi connectivity index (χ0n) is 13.1. The smallest absolute Gasteiger partial charge is 0.309 e. The Bertz CT molecular complexity index is 706. The maximum absolute atomic E-state index is 11.1. The molecule has 0 saturated heterocycles. The van der Waals surface area contributed by atoms with Gasteiger partial charge in [-0.05, 0) is 37.5 Å². The molecule has 0 saturated carbocycles. The number of aryl methyl sites for hydroxylation is 2. The van der Waals surface area contributed by atoms with E-state index in [1.807, 2.05) is 6.92 Å². The molecule has 0 radical (unpaired) electrons. The van der Waals surface area contributed by atoms with Crippen LogP contribution in [0.5, 0.6) is 0 Å². The molecule has 2 heterocycles. The maximum Gasteiger partial charge on any atom is 0.309 e. The summed E-state index contributed by atoms with van der Waals surface area (Å²) in [6, 6.07) is 0. The largest absolute Gasteiger partial charge is 0.481 e. The topological polar surface area (TPSA) is 54.6 Å². The standard InChI is InChI=1S/C16H22N2O2S/c1-9-12(8-14(19)20)18-11-6-5-10(16(2,3)4)7-13(11)21-15(18)17-9/h10H,5-8H2,1-4H3,(H,19,20). The average molecular weight is 306 g/mol. The first-order valence-electron chi connectivity index (χ1n) is 7.47. The van der Waals surface area contributed by atoms with Crippen LogP contribution in [0.15, 0.2) is 0 Å². The zero-order valence-corrected chi connectivity index (χ0v) is 13.9. The number of aromatic nitrogens is 2. The van der Waals surface area contributed by atoms with Crippen molar-refractivity contribution in [3.8, 4) is 0 Å². The monoisotopic (exact) mass is 306 g/mol. The number of carbonyl (C=O) groups is 1. The number of hydrogen-bond donors (Lipinski definition) is 1. The number of thiazole rings is 1. The predicted molar refractivity (Wildman–Crippen MR) is 84.1 cm³/mol. The van der Waals surface area contributed by atoms with Gasteiger partial charge in [-0.2, -0.15) is 0 Å². The van der Waals surface area contributed by atoms with Crippen molar-refractivity contribution >= 4 is 22.3 Å². The molecule has 0 spiro atoms. The Labute approximate surface area is 128 Å². The SMILES string of the molecule is Cc1nc2sc3c(n2c1CC(=O)O)CCC(C(C)(C)C)C3. The lowest BCUT2D eigenvalue weighted by Crippen LogP contribution is -2.26. The van der Waals surface area contributed by atoms with Crippen LogP contribution in [0.2, 0.25) is 0 Å². The lowest BCUT2D eigenvalue weighted by molar-refractivity contribution is -0.136. The Morgan fingerprint density at radius 3 is 2.81 bits per heavy atom. The molecule has 1 unspecified atom stereocenters. The van der Waals surface area contributed by atoms with E-state index in [2.05, 4.69) is 30.2 Å². The van der Waals surface area contributed by atoms with Crippen molar-refractivity contribution in [3.05, 3.63) is 22.0 Å². The Kier molecular flexibility index (Phi) is 3.35. The van der Waals surface area contributed by atoms with Crippen molar-refractivity contribution in [2.45, 2.75) is 53.4 Å². The molecular weight excluding hydrogens is 284 g/mol. The van der Waals surface area contributed by atoms with Gasteiger partial charge in [0.05, 0.1) is 17.8 Å². The molecule has 0 amide bonds. The van der Waals surface area contributed by atoms with Crippen LogP contribution < -0.4 is 0 Å². The van der Waals surface area contributed by atoms with Crippen LogP contribution in [0, 0.1) is 18.3 Å². The minimum Gasteiger partial charge on any atom is -0.481 e. The number of carboxylic acid groups (broad SMARTS) is 1. The van der Waals surface area contributed by atoms with E-state index in [9.17, 15) is 4.79 Å². The van der Waals surface area contributed by atoms with E-state index in [4.69, 9.17) is 5.11 Å². The van der Waals surface area contributed by atoms with Crippen LogP contribution in [-0.4, -0.2) is 20.5 Å². The second-order valence-corrected chi connectivity index (χ2v) is 8.17. The zero-order chi connectivity index (χ0) is 15.4. The third-order valence-electron chi connectivity index (χ3n) is 4.65. The van der Waals surface area contributed by atoms with Gasteiger partial charge < -0.3 is 5.11 Å². The van der Waals surface area contributed by atoms with Gasteiger partial charge in [-0.15, -0.1) is 11.3 Å². The highest BCUT2D eigenvalue weighted by Crippen LogP contribution is 2.40. The summed E-state index contributed by atoms with van der Waals surface area (Å²) in [5, 5.41) is 9.12. The Morgan fingerprint density at radius 1 is 1.48 bits per heavy atom. The van der Waals surface area contributed by atoms with Crippen LogP contribution >= 0.6 is 11.3 Å². The highest BCUT2D eigenvalue weighted by Gasteiger charge is 2.32. The van der Waals surface area contributed by atoms with Crippen LogP contribution in [0.1, 0.15) is 49.2 Å². The molecule has 0 aliphatic heterocycles. The molecule has 2 aromatic heterocycles. The Balaban J connectivity index is 2.05. The minimum atomic E-state index is -0.789. The number of nitrogens with zero attached hydrogens (tertiary/aromatic N) is 2. The van der Waals surface area contributed by atoms with Crippen LogP contribution in [0.3, 0.4) is 0 Å². The minimum absolute atomic E-state index is 0.0544. The van der Waals surface area contributed by atoms with E-state index in [1.54, 1.807) is 11.3 Å². The first-order valence-corrected chi connectivity index (χ1v) is 8.29. The van der Waals surface area contributed by atoms with Crippen LogP contribution in [0.4, 0.5) is 0 Å². The summed E-state index contributed by atoms with van der Waals surface area (Å²) in [7, 11) is 0. The molecule has 1 aliphatic rings. The number of aliphatic carboxylic acids is 1. The normalized spacial score (nSPS) is 19.0. The lowest BCUT2D eigenvalue weighted by Gasteiger charge is -2.33. The number of hydrogen-bond acceptors (Lipinski definition) is 3. The first-order chi connectivity index (χ1) is 9.77. The van der Waals surface area contributed by atoms with E-state index in [0.717, 1.165) is 29.2 Å². The van der Waals surface area contributed by atoms with E-state index >= 15 is 0 Å². The van der Waals surface area contributed by atoms with Crippen molar-refractivity contribution in [1.29, 1.82) is 0 Å². The van der Waals surface area contributed by atoms with E-state index in [-0.39, 0.29) is 6.42 Å². The summed E-state index contributed by atoms with van der Waals surface area (Å²) >= 11 is 1.74. The van der Waals surface area contributed by atoms with E-state index in [1.165, 1.54) is 17.0 Å².